The Bertz CT molecular complexity index is 972. The van der Waals surface area contributed by atoms with Crippen molar-refractivity contribution in [3.05, 3.63) is 24.3 Å². The van der Waals surface area contributed by atoms with Gasteiger partial charge in [-0.05, 0) is 64.2 Å². The third-order valence-corrected chi connectivity index (χ3v) is 11.8. The third-order valence-electron chi connectivity index (χ3n) is 11.8. The average molecular weight is 853 g/mol. The Morgan fingerprint density at radius 3 is 1.37 bits per heavy atom. The molecule has 354 valence electrons. The zero-order valence-electron chi connectivity index (χ0n) is 39.0. The van der Waals surface area contributed by atoms with Crippen LogP contribution in [0.5, 0.6) is 0 Å². The van der Waals surface area contributed by atoms with Crippen LogP contribution in [-0.2, 0) is 23.7 Å². The van der Waals surface area contributed by atoms with E-state index in [2.05, 4.69) is 38.2 Å². The standard InChI is InChI=1S/C51H96O9/c1-3-5-7-9-11-13-15-17-19-20-21-22-23-24-25-26-27-28-30-32-34-36-38-40-47(53)59-45(44-58-51-50(56)49(55)48(54)46(42-52)60-51)43-57-41-39-37-35-33-31-29-18-16-14-12-10-8-6-4-2/h14,16,20-21,45-46,48-52,54-56H,3-13,15,17-19,22-44H2,1-2H3/b16-14-,21-20-. The molecule has 0 spiro atoms. The van der Waals surface area contributed by atoms with Crippen molar-refractivity contribution in [3.8, 4) is 0 Å². The zero-order chi connectivity index (χ0) is 43.6. The lowest BCUT2D eigenvalue weighted by molar-refractivity contribution is -0.305. The molecule has 0 saturated carbocycles. The molecule has 1 aliphatic heterocycles. The maximum Gasteiger partial charge on any atom is 0.306 e. The van der Waals surface area contributed by atoms with Gasteiger partial charge in [-0.25, -0.2) is 0 Å². The maximum absolute atomic E-state index is 12.8. The molecule has 1 rings (SSSR count). The van der Waals surface area contributed by atoms with E-state index in [0.29, 0.717) is 13.0 Å². The van der Waals surface area contributed by atoms with Crippen LogP contribution in [0.15, 0.2) is 24.3 Å². The molecule has 1 aliphatic rings. The fourth-order valence-corrected chi connectivity index (χ4v) is 7.84. The normalized spacial score (nSPS) is 20.1. The number of rotatable bonds is 44. The van der Waals surface area contributed by atoms with Crippen LogP contribution in [-0.4, -0.2) is 89.6 Å². The molecule has 9 nitrogen and oxygen atoms in total. The number of carbonyl (C=O) groups excluding carboxylic acids is 1. The van der Waals surface area contributed by atoms with E-state index in [1.807, 2.05) is 0 Å². The van der Waals surface area contributed by atoms with E-state index in [1.165, 1.54) is 180 Å². The van der Waals surface area contributed by atoms with E-state index < -0.39 is 43.4 Å². The van der Waals surface area contributed by atoms with Gasteiger partial charge in [-0.2, -0.15) is 0 Å². The van der Waals surface area contributed by atoms with E-state index >= 15 is 0 Å². The second kappa shape index (κ2) is 42.9. The summed E-state index contributed by atoms with van der Waals surface area (Å²) in [5, 5.41) is 40.2. The Labute approximate surface area is 368 Å². The number of esters is 1. The predicted molar refractivity (Wildman–Crippen MR) is 247 cm³/mol. The van der Waals surface area contributed by atoms with Crippen LogP contribution in [0, 0.1) is 0 Å². The van der Waals surface area contributed by atoms with E-state index in [-0.39, 0.29) is 19.2 Å². The number of hydrogen-bond donors (Lipinski definition) is 4. The predicted octanol–water partition coefficient (Wildman–Crippen LogP) is 12.1. The van der Waals surface area contributed by atoms with Crippen molar-refractivity contribution >= 4 is 5.97 Å². The minimum absolute atomic E-state index is 0.113. The van der Waals surface area contributed by atoms with Crippen molar-refractivity contribution in [1.29, 1.82) is 0 Å². The highest BCUT2D eigenvalue weighted by atomic mass is 16.7. The Kier molecular flexibility index (Phi) is 40.6. The van der Waals surface area contributed by atoms with Gasteiger partial charge in [0, 0.05) is 13.0 Å². The van der Waals surface area contributed by atoms with Gasteiger partial charge in [-0.3, -0.25) is 4.79 Å². The molecular formula is C51H96O9. The third kappa shape index (κ3) is 33.3. The van der Waals surface area contributed by atoms with Crippen LogP contribution in [0.1, 0.15) is 232 Å². The van der Waals surface area contributed by atoms with Gasteiger partial charge < -0.3 is 39.4 Å². The first-order valence-electron chi connectivity index (χ1n) is 25.4. The molecule has 60 heavy (non-hydrogen) atoms. The van der Waals surface area contributed by atoms with Gasteiger partial charge in [0.15, 0.2) is 6.29 Å². The number of carbonyl (C=O) groups is 1. The summed E-state index contributed by atoms with van der Waals surface area (Å²) in [6.45, 7) is 4.56. The van der Waals surface area contributed by atoms with Crippen LogP contribution < -0.4 is 0 Å². The molecule has 1 heterocycles. The highest BCUT2D eigenvalue weighted by Gasteiger charge is 2.44. The summed E-state index contributed by atoms with van der Waals surface area (Å²) in [6.07, 6.45) is 43.5. The molecule has 1 saturated heterocycles. The zero-order valence-corrected chi connectivity index (χ0v) is 39.0. The van der Waals surface area contributed by atoms with Crippen LogP contribution in [0.25, 0.3) is 0 Å². The molecular weight excluding hydrogens is 757 g/mol. The Hall–Kier alpha value is -1.33. The summed E-state index contributed by atoms with van der Waals surface area (Å²) in [4.78, 5) is 12.8. The fraction of sp³-hybridized carbons (Fsp3) is 0.902. The lowest BCUT2D eigenvalue weighted by Crippen LogP contribution is -2.59. The molecule has 0 aliphatic carbocycles. The first kappa shape index (κ1) is 56.7. The Morgan fingerprint density at radius 2 is 0.917 bits per heavy atom. The Morgan fingerprint density at radius 1 is 0.517 bits per heavy atom. The van der Waals surface area contributed by atoms with Crippen molar-refractivity contribution in [2.45, 2.75) is 269 Å². The van der Waals surface area contributed by atoms with Crippen molar-refractivity contribution in [2.75, 3.05) is 26.4 Å². The lowest BCUT2D eigenvalue weighted by Gasteiger charge is -2.39. The molecule has 4 N–H and O–H groups in total. The molecule has 0 aromatic carbocycles. The van der Waals surface area contributed by atoms with E-state index in [4.69, 9.17) is 18.9 Å². The fourth-order valence-electron chi connectivity index (χ4n) is 7.84. The van der Waals surface area contributed by atoms with E-state index in [9.17, 15) is 25.2 Å². The topological polar surface area (TPSA) is 135 Å². The second-order valence-corrected chi connectivity index (χ2v) is 17.6. The highest BCUT2D eigenvalue weighted by molar-refractivity contribution is 5.69. The molecule has 1 fully saturated rings. The van der Waals surface area contributed by atoms with Gasteiger partial charge >= 0.3 is 5.97 Å². The van der Waals surface area contributed by atoms with Gasteiger partial charge in [0.05, 0.1) is 19.8 Å². The summed E-state index contributed by atoms with van der Waals surface area (Å²) in [7, 11) is 0. The molecule has 0 radical (unpaired) electrons. The van der Waals surface area contributed by atoms with Crippen LogP contribution in [0.4, 0.5) is 0 Å². The van der Waals surface area contributed by atoms with Gasteiger partial charge in [0.1, 0.15) is 30.5 Å². The van der Waals surface area contributed by atoms with Gasteiger partial charge in [-0.15, -0.1) is 0 Å². The summed E-state index contributed by atoms with van der Waals surface area (Å²) < 4.78 is 22.9. The molecule has 0 aromatic heterocycles. The molecule has 0 amide bonds. The number of aliphatic hydroxyl groups excluding tert-OH is 4. The smallest absolute Gasteiger partial charge is 0.306 e. The number of aliphatic hydroxyl groups is 4. The number of ether oxygens (including phenoxy) is 4. The monoisotopic (exact) mass is 853 g/mol. The minimum atomic E-state index is -1.54. The quantitative estimate of drug-likeness (QED) is 0.0268. The van der Waals surface area contributed by atoms with Crippen molar-refractivity contribution < 1.29 is 44.2 Å². The molecule has 0 bridgehead atoms. The van der Waals surface area contributed by atoms with Gasteiger partial charge in [0.2, 0.25) is 0 Å². The summed E-state index contributed by atoms with van der Waals surface area (Å²) in [5.74, 6) is -0.314. The van der Waals surface area contributed by atoms with E-state index in [0.717, 1.165) is 32.1 Å². The summed E-state index contributed by atoms with van der Waals surface area (Å²) in [5.41, 5.74) is 0. The van der Waals surface area contributed by atoms with Gasteiger partial charge in [-0.1, -0.05) is 186 Å². The van der Waals surface area contributed by atoms with E-state index in [1.54, 1.807) is 0 Å². The van der Waals surface area contributed by atoms with Crippen molar-refractivity contribution in [2.24, 2.45) is 0 Å². The first-order chi connectivity index (χ1) is 29.4. The average Bonchev–Trinajstić information content (AvgIpc) is 3.25. The number of allylic oxidation sites excluding steroid dienone is 4. The lowest BCUT2D eigenvalue weighted by atomic mass is 9.99. The van der Waals surface area contributed by atoms with Crippen molar-refractivity contribution in [3.63, 3.8) is 0 Å². The van der Waals surface area contributed by atoms with Crippen LogP contribution in [0.3, 0.4) is 0 Å². The number of unbranched alkanes of at least 4 members (excludes halogenated alkanes) is 29. The highest BCUT2D eigenvalue weighted by Crippen LogP contribution is 2.23. The van der Waals surface area contributed by atoms with Crippen LogP contribution in [0.2, 0.25) is 0 Å². The van der Waals surface area contributed by atoms with Crippen molar-refractivity contribution in [1.82, 2.24) is 0 Å². The van der Waals surface area contributed by atoms with Crippen LogP contribution >= 0.6 is 0 Å². The number of hydrogen-bond acceptors (Lipinski definition) is 9. The Balaban J connectivity index is 2.18. The summed E-state index contributed by atoms with van der Waals surface area (Å²) in [6, 6.07) is 0. The summed E-state index contributed by atoms with van der Waals surface area (Å²) >= 11 is 0. The SMILES string of the molecule is CCCCCC/C=C\CCCCCCCCOCC(COC1OC(CO)C(O)C(O)C1O)OC(=O)CCCCCCCCCCCCC/C=C\CCCCCCCCCC. The molecule has 6 unspecified atom stereocenters. The molecule has 6 atom stereocenters. The second-order valence-electron chi connectivity index (χ2n) is 17.6. The van der Waals surface area contributed by atoms with Gasteiger partial charge in [0.25, 0.3) is 0 Å². The largest absolute Gasteiger partial charge is 0.457 e. The molecule has 0 aromatic rings. The molecule has 9 heteroatoms. The minimum Gasteiger partial charge on any atom is -0.457 e. The maximum atomic E-state index is 12.8. The first-order valence-corrected chi connectivity index (χ1v) is 25.4.